The van der Waals surface area contributed by atoms with Crippen molar-refractivity contribution in [1.29, 1.82) is 0 Å². The average Bonchev–Trinajstić information content (AvgIpc) is 3.55. The highest BCUT2D eigenvalue weighted by Gasteiger charge is 2.25. The van der Waals surface area contributed by atoms with Gasteiger partial charge < -0.3 is 4.98 Å². The smallest absolute Gasteiger partial charge is 0.0733 e. The lowest BCUT2D eigenvalue weighted by molar-refractivity contribution is 0.589. The van der Waals surface area contributed by atoms with Gasteiger partial charge in [-0.3, -0.25) is 4.98 Å². The minimum Gasteiger partial charge on any atom is -0.353 e. The van der Waals surface area contributed by atoms with E-state index in [4.69, 9.17) is 9.97 Å². The van der Waals surface area contributed by atoms with Crippen molar-refractivity contribution in [1.82, 2.24) is 15.0 Å². The summed E-state index contributed by atoms with van der Waals surface area (Å²) in [4.78, 5) is 14.5. The van der Waals surface area contributed by atoms with Crippen molar-refractivity contribution in [2.75, 3.05) is 0 Å². The van der Waals surface area contributed by atoms with Crippen molar-refractivity contribution in [3.8, 4) is 56.0 Å². The second-order valence-corrected chi connectivity index (χ2v) is 18.1. The largest absolute Gasteiger partial charge is 0.353 e. The van der Waals surface area contributed by atoms with E-state index in [0.717, 1.165) is 50.4 Å². The lowest BCUT2D eigenvalue weighted by Gasteiger charge is -2.23. The number of aromatic amines is 1. The summed E-state index contributed by atoms with van der Waals surface area (Å²) < 4.78 is 0. The summed E-state index contributed by atoms with van der Waals surface area (Å²) in [6.45, 7) is 20.7. The fraction of sp³-hybridized carbons (Fsp3) is 0.231. The molecule has 3 aromatic heterocycles. The van der Waals surface area contributed by atoms with Crippen LogP contribution in [-0.4, -0.2) is 15.0 Å². The Morgan fingerprint density at radius 1 is 0.382 bits per heavy atom. The maximum absolute atomic E-state index is 5.52. The molecular formula is C52H51N3. The highest BCUT2D eigenvalue weighted by atomic mass is 14.8. The summed E-state index contributed by atoms with van der Waals surface area (Å²) in [5, 5.41) is 2.42. The van der Waals surface area contributed by atoms with Crippen molar-refractivity contribution in [2.24, 2.45) is 0 Å². The minimum absolute atomic E-state index is 0.0696. The summed E-state index contributed by atoms with van der Waals surface area (Å²) in [7, 11) is 0. The number of nitrogens with zero attached hydrogens (tertiary/aromatic N) is 2. The Balaban J connectivity index is 1.41. The molecule has 0 amide bonds. The first-order valence-corrected chi connectivity index (χ1v) is 19.5. The minimum atomic E-state index is -0.0884. The molecule has 0 saturated heterocycles. The molecule has 0 aliphatic heterocycles. The number of pyridine rings is 2. The molecule has 5 aromatic carbocycles. The first-order chi connectivity index (χ1) is 26.1. The first kappa shape index (κ1) is 36.2. The molecule has 0 saturated carbocycles. The zero-order valence-corrected chi connectivity index (χ0v) is 33.7. The van der Waals surface area contributed by atoms with Crippen LogP contribution in [0.1, 0.15) is 79.0 Å². The van der Waals surface area contributed by atoms with E-state index in [1.807, 2.05) is 6.20 Å². The third kappa shape index (κ3) is 7.12. The number of fused-ring (bicyclic) bond motifs is 3. The molecule has 274 valence electrons. The molecule has 3 nitrogen and oxygen atoms in total. The van der Waals surface area contributed by atoms with Crippen molar-refractivity contribution >= 4 is 21.8 Å². The number of nitrogens with one attached hydrogen (secondary N) is 1. The monoisotopic (exact) mass is 717 g/mol. The van der Waals surface area contributed by atoms with Gasteiger partial charge in [0.05, 0.1) is 28.1 Å². The molecule has 3 heteroatoms. The maximum Gasteiger partial charge on any atom is 0.0733 e. The fourth-order valence-corrected chi connectivity index (χ4v) is 7.50. The van der Waals surface area contributed by atoms with Gasteiger partial charge >= 0.3 is 0 Å². The van der Waals surface area contributed by atoms with Gasteiger partial charge in [0.25, 0.3) is 0 Å². The van der Waals surface area contributed by atoms with Crippen molar-refractivity contribution < 1.29 is 0 Å². The van der Waals surface area contributed by atoms with Gasteiger partial charge in [-0.1, -0.05) is 141 Å². The standard InChI is InChI=1S/C52H51N3/c1-50(2,3)38-27-41-42-28-39(51(4,5)6)30-44(49(42)55-48(41)43(29-38)46-26-36(23-24-53-46)34-19-14-11-15-20-34)47-32-40(52(7,8)9)31-45(54-47)37-22-16-21-35(25-37)33-17-12-10-13-18-33/h10-32,55H,1-9H3. The van der Waals surface area contributed by atoms with Crippen molar-refractivity contribution in [3.05, 3.63) is 156 Å². The zero-order valence-electron chi connectivity index (χ0n) is 33.7. The van der Waals surface area contributed by atoms with Gasteiger partial charge in [-0.05, 0) is 110 Å². The molecule has 0 unspecified atom stereocenters. The molecule has 0 fully saturated rings. The van der Waals surface area contributed by atoms with Crippen LogP contribution < -0.4 is 0 Å². The molecule has 55 heavy (non-hydrogen) atoms. The molecule has 0 aliphatic carbocycles. The number of rotatable bonds is 5. The number of hydrogen-bond donors (Lipinski definition) is 1. The van der Waals surface area contributed by atoms with E-state index < -0.39 is 0 Å². The quantitative estimate of drug-likeness (QED) is 0.193. The highest BCUT2D eigenvalue weighted by molar-refractivity contribution is 6.15. The maximum atomic E-state index is 5.52. The number of H-pyrrole nitrogens is 1. The Labute approximate surface area is 326 Å². The van der Waals surface area contributed by atoms with E-state index in [1.165, 1.54) is 44.2 Å². The fourth-order valence-electron chi connectivity index (χ4n) is 7.50. The molecule has 8 aromatic rings. The molecule has 3 heterocycles. The van der Waals surface area contributed by atoms with Crippen LogP contribution >= 0.6 is 0 Å². The molecule has 0 atom stereocenters. The van der Waals surface area contributed by atoms with Crippen molar-refractivity contribution in [2.45, 2.75) is 78.6 Å². The van der Waals surface area contributed by atoms with E-state index in [2.05, 4.69) is 201 Å². The topological polar surface area (TPSA) is 41.6 Å². The summed E-state index contributed by atoms with van der Waals surface area (Å²) in [6, 6.07) is 48.4. The molecule has 1 N–H and O–H groups in total. The normalized spacial score (nSPS) is 12.5. The van der Waals surface area contributed by atoms with Crippen LogP contribution in [0.25, 0.3) is 77.8 Å². The molecule has 0 spiro atoms. The second-order valence-electron chi connectivity index (χ2n) is 18.1. The summed E-state index contributed by atoms with van der Waals surface area (Å²) in [5.41, 5.74) is 16.7. The van der Waals surface area contributed by atoms with Crippen molar-refractivity contribution in [3.63, 3.8) is 0 Å². The van der Waals surface area contributed by atoms with Crippen LogP contribution in [0, 0.1) is 0 Å². The van der Waals surface area contributed by atoms with E-state index in [0.29, 0.717) is 0 Å². The predicted molar refractivity (Wildman–Crippen MR) is 235 cm³/mol. The first-order valence-electron chi connectivity index (χ1n) is 19.5. The number of hydrogen-bond acceptors (Lipinski definition) is 2. The Hall–Kier alpha value is -5.80. The highest BCUT2D eigenvalue weighted by Crippen LogP contribution is 2.43. The third-order valence-electron chi connectivity index (χ3n) is 10.9. The summed E-state index contributed by atoms with van der Waals surface area (Å²) in [6.07, 6.45) is 1.94. The van der Waals surface area contributed by atoms with Gasteiger partial charge in [0, 0.05) is 33.7 Å². The van der Waals surface area contributed by atoms with Crippen LogP contribution in [-0.2, 0) is 16.2 Å². The molecule has 0 radical (unpaired) electrons. The van der Waals surface area contributed by atoms with Gasteiger partial charge in [-0.25, -0.2) is 4.98 Å². The molecule has 0 bridgehead atoms. The molecule has 0 aliphatic rings. The van der Waals surface area contributed by atoms with Crippen LogP contribution in [0.15, 0.2) is 140 Å². The van der Waals surface area contributed by atoms with Crippen LogP contribution in [0.3, 0.4) is 0 Å². The van der Waals surface area contributed by atoms with Gasteiger partial charge in [0.1, 0.15) is 0 Å². The summed E-state index contributed by atoms with van der Waals surface area (Å²) in [5.74, 6) is 0. The van der Waals surface area contributed by atoms with Crippen LogP contribution in [0.5, 0.6) is 0 Å². The number of aromatic nitrogens is 3. The van der Waals surface area contributed by atoms with E-state index in [9.17, 15) is 0 Å². The Bertz CT molecular complexity index is 2680. The van der Waals surface area contributed by atoms with E-state index in [1.54, 1.807) is 0 Å². The number of benzene rings is 5. The van der Waals surface area contributed by atoms with E-state index in [-0.39, 0.29) is 16.2 Å². The average molecular weight is 718 g/mol. The SMILES string of the molecule is CC(C)(C)c1cc(-c2cccc(-c3ccccc3)c2)nc(-c2cc(C(C)(C)C)cc3c2[nH]c2c(-c4cc(-c5ccccc5)ccn4)cc(C(C)(C)C)cc23)c1. The molecule has 8 rings (SSSR count). The van der Waals surface area contributed by atoms with Gasteiger partial charge in [0.15, 0.2) is 0 Å². The van der Waals surface area contributed by atoms with Crippen LogP contribution in [0.2, 0.25) is 0 Å². The van der Waals surface area contributed by atoms with Gasteiger partial charge in [0.2, 0.25) is 0 Å². The Morgan fingerprint density at radius 3 is 1.38 bits per heavy atom. The van der Waals surface area contributed by atoms with E-state index >= 15 is 0 Å². The second kappa shape index (κ2) is 13.5. The van der Waals surface area contributed by atoms with Gasteiger partial charge in [-0.2, -0.15) is 0 Å². The Morgan fingerprint density at radius 2 is 0.836 bits per heavy atom. The zero-order chi connectivity index (χ0) is 38.7. The predicted octanol–water partition coefficient (Wildman–Crippen LogP) is 14.3. The summed E-state index contributed by atoms with van der Waals surface area (Å²) >= 11 is 0. The lowest BCUT2D eigenvalue weighted by atomic mass is 9.82. The molecular weight excluding hydrogens is 667 g/mol. The lowest BCUT2D eigenvalue weighted by Crippen LogP contribution is -2.13. The Kier molecular flexibility index (Phi) is 8.88. The third-order valence-corrected chi connectivity index (χ3v) is 10.9. The van der Waals surface area contributed by atoms with Gasteiger partial charge in [-0.15, -0.1) is 0 Å². The van der Waals surface area contributed by atoms with Crippen LogP contribution in [0.4, 0.5) is 0 Å².